The Hall–Kier alpha value is -1.13. The summed E-state index contributed by atoms with van der Waals surface area (Å²) in [5, 5.41) is 20.5. The number of aryl methyl sites for hydroxylation is 1. The Morgan fingerprint density at radius 3 is 2.69 bits per heavy atom. The van der Waals surface area contributed by atoms with E-state index in [4.69, 9.17) is 5.73 Å². The van der Waals surface area contributed by atoms with E-state index in [1.54, 1.807) is 12.3 Å². The molecule has 1 unspecified atom stereocenters. The van der Waals surface area contributed by atoms with Crippen LogP contribution in [0.5, 0.6) is 0 Å². The summed E-state index contributed by atoms with van der Waals surface area (Å²) in [6.45, 7) is 1.89. The van der Waals surface area contributed by atoms with Crippen molar-refractivity contribution in [2.45, 2.75) is 44.3 Å². The van der Waals surface area contributed by atoms with Crippen LogP contribution in [0.25, 0.3) is 0 Å². The maximum Gasteiger partial charge on any atom is 0.129 e. The van der Waals surface area contributed by atoms with Gasteiger partial charge in [0.05, 0.1) is 5.60 Å². The summed E-state index contributed by atoms with van der Waals surface area (Å²) >= 11 is 0. The van der Waals surface area contributed by atoms with Gasteiger partial charge in [-0.3, -0.25) is 0 Å². The van der Waals surface area contributed by atoms with Crippen molar-refractivity contribution in [3.05, 3.63) is 23.4 Å². The van der Waals surface area contributed by atoms with Crippen LogP contribution in [0.15, 0.2) is 12.3 Å². The lowest BCUT2D eigenvalue weighted by Gasteiger charge is -2.29. The molecule has 88 valence electrons. The van der Waals surface area contributed by atoms with Crippen molar-refractivity contribution in [1.82, 2.24) is 4.98 Å². The first-order chi connectivity index (χ1) is 7.53. The van der Waals surface area contributed by atoms with Gasteiger partial charge in [0.25, 0.3) is 0 Å². The largest absolute Gasteiger partial charge is 0.387 e. The average molecular weight is 222 g/mol. The van der Waals surface area contributed by atoms with E-state index in [9.17, 15) is 10.2 Å². The minimum atomic E-state index is -1.02. The molecule has 1 saturated carbocycles. The molecular weight excluding hydrogens is 204 g/mol. The second-order valence-electron chi connectivity index (χ2n) is 4.70. The van der Waals surface area contributed by atoms with E-state index >= 15 is 0 Å². The van der Waals surface area contributed by atoms with Crippen LogP contribution in [0.2, 0.25) is 0 Å². The second-order valence-corrected chi connectivity index (χ2v) is 4.70. The zero-order chi connectivity index (χ0) is 11.8. The van der Waals surface area contributed by atoms with Gasteiger partial charge < -0.3 is 15.9 Å². The summed E-state index contributed by atoms with van der Waals surface area (Å²) < 4.78 is 0. The van der Waals surface area contributed by atoms with E-state index in [1.807, 2.05) is 6.92 Å². The first-order valence-electron chi connectivity index (χ1n) is 5.65. The molecule has 1 aliphatic rings. The fraction of sp³-hybridized carbons (Fsp3) is 0.583. The van der Waals surface area contributed by atoms with Crippen LogP contribution >= 0.6 is 0 Å². The van der Waals surface area contributed by atoms with Crippen molar-refractivity contribution in [3.8, 4) is 0 Å². The van der Waals surface area contributed by atoms with Gasteiger partial charge in [0.1, 0.15) is 11.9 Å². The molecule has 16 heavy (non-hydrogen) atoms. The molecule has 0 aliphatic heterocycles. The Morgan fingerprint density at radius 1 is 1.44 bits per heavy atom. The quantitative estimate of drug-likeness (QED) is 0.705. The molecule has 2 rings (SSSR count). The van der Waals surface area contributed by atoms with E-state index < -0.39 is 11.7 Å². The normalized spacial score (nSPS) is 20.9. The molecule has 1 aliphatic carbocycles. The smallest absolute Gasteiger partial charge is 0.129 e. The fourth-order valence-corrected chi connectivity index (χ4v) is 2.37. The number of pyridine rings is 1. The highest BCUT2D eigenvalue weighted by atomic mass is 16.3. The van der Waals surface area contributed by atoms with Gasteiger partial charge in [-0.05, 0) is 31.4 Å². The molecule has 0 aromatic carbocycles. The van der Waals surface area contributed by atoms with Gasteiger partial charge in [-0.15, -0.1) is 0 Å². The van der Waals surface area contributed by atoms with Crippen molar-refractivity contribution in [3.63, 3.8) is 0 Å². The lowest BCUT2D eigenvalue weighted by Crippen LogP contribution is -2.33. The number of rotatable bonds is 2. The minimum Gasteiger partial charge on any atom is -0.387 e. The minimum absolute atomic E-state index is 0.304. The molecule has 0 amide bonds. The van der Waals surface area contributed by atoms with Crippen LogP contribution in [0, 0.1) is 6.92 Å². The highest BCUT2D eigenvalue weighted by Gasteiger charge is 2.40. The van der Waals surface area contributed by atoms with Crippen LogP contribution < -0.4 is 5.73 Å². The fourth-order valence-electron chi connectivity index (χ4n) is 2.37. The molecule has 4 N–H and O–H groups in total. The molecule has 1 fully saturated rings. The highest BCUT2D eigenvalue weighted by molar-refractivity contribution is 5.43. The molecule has 4 heteroatoms. The second kappa shape index (κ2) is 4.03. The Balaban J connectivity index is 2.32. The lowest BCUT2D eigenvalue weighted by atomic mass is 9.89. The predicted molar refractivity (Wildman–Crippen MR) is 61.8 cm³/mol. The summed E-state index contributed by atoms with van der Waals surface area (Å²) in [6.07, 6.45) is 3.88. The van der Waals surface area contributed by atoms with Crippen molar-refractivity contribution in [2.24, 2.45) is 0 Å². The summed E-state index contributed by atoms with van der Waals surface area (Å²) in [4.78, 5) is 4.01. The molecule has 4 nitrogen and oxygen atoms in total. The Bertz CT molecular complexity index is 387. The van der Waals surface area contributed by atoms with Crippen molar-refractivity contribution < 1.29 is 10.2 Å². The maximum absolute atomic E-state index is 10.3. The van der Waals surface area contributed by atoms with Crippen molar-refractivity contribution in [2.75, 3.05) is 5.73 Å². The number of aliphatic hydroxyl groups is 2. The maximum atomic E-state index is 10.3. The topological polar surface area (TPSA) is 79.4 Å². The lowest BCUT2D eigenvalue weighted by molar-refractivity contribution is -0.0717. The van der Waals surface area contributed by atoms with Crippen molar-refractivity contribution >= 4 is 5.82 Å². The number of aliphatic hydroxyl groups excluding tert-OH is 1. The summed E-state index contributed by atoms with van der Waals surface area (Å²) in [6, 6.07) is 1.79. The average Bonchev–Trinajstić information content (AvgIpc) is 2.69. The number of nitrogen functional groups attached to an aromatic ring is 1. The molecule has 0 saturated heterocycles. The number of nitrogens with two attached hydrogens (primary N) is 1. The Kier molecular flexibility index (Phi) is 2.86. The first-order valence-corrected chi connectivity index (χ1v) is 5.65. The molecule has 1 atom stereocenters. The zero-order valence-electron chi connectivity index (χ0n) is 9.48. The van der Waals surface area contributed by atoms with E-state index in [-0.39, 0.29) is 0 Å². The van der Waals surface area contributed by atoms with Gasteiger partial charge in [0.2, 0.25) is 0 Å². The van der Waals surface area contributed by atoms with Crippen LogP contribution in [-0.2, 0) is 0 Å². The molecular formula is C12H18N2O2. The van der Waals surface area contributed by atoms with E-state index in [0.29, 0.717) is 24.2 Å². The number of hydrogen-bond acceptors (Lipinski definition) is 4. The first kappa shape index (κ1) is 11.4. The van der Waals surface area contributed by atoms with E-state index in [0.717, 1.165) is 18.4 Å². The monoisotopic (exact) mass is 222 g/mol. The molecule has 1 aromatic heterocycles. The van der Waals surface area contributed by atoms with Crippen molar-refractivity contribution in [1.29, 1.82) is 0 Å². The third kappa shape index (κ3) is 1.90. The van der Waals surface area contributed by atoms with Gasteiger partial charge >= 0.3 is 0 Å². The van der Waals surface area contributed by atoms with Gasteiger partial charge in [-0.1, -0.05) is 12.8 Å². The van der Waals surface area contributed by atoms with Crippen LogP contribution in [0.1, 0.15) is 42.9 Å². The summed E-state index contributed by atoms with van der Waals surface area (Å²) in [5.74, 6) is 0.304. The number of nitrogens with zero attached hydrogens (tertiary/aromatic N) is 1. The standard InChI is InChI=1S/C12H18N2O2/c1-8-6-9(11(13)14-7-8)10(15)12(16)4-2-3-5-12/h6-7,10,15-16H,2-5H2,1H3,(H2,13,14). The molecule has 1 heterocycles. The molecule has 1 aromatic rings. The molecule has 0 radical (unpaired) electrons. The third-order valence-corrected chi connectivity index (χ3v) is 3.36. The summed E-state index contributed by atoms with van der Waals surface area (Å²) in [7, 11) is 0. The van der Waals surface area contributed by atoms with Crippen LogP contribution in [-0.4, -0.2) is 20.8 Å². The molecule has 0 spiro atoms. The van der Waals surface area contributed by atoms with Crippen LogP contribution in [0.3, 0.4) is 0 Å². The predicted octanol–water partition coefficient (Wildman–Crippen LogP) is 1.31. The van der Waals surface area contributed by atoms with Gasteiger partial charge in [-0.25, -0.2) is 4.98 Å². The Morgan fingerprint density at radius 2 is 2.06 bits per heavy atom. The number of anilines is 1. The van der Waals surface area contributed by atoms with Crippen LogP contribution in [0.4, 0.5) is 5.82 Å². The highest BCUT2D eigenvalue weighted by Crippen LogP contribution is 2.40. The van der Waals surface area contributed by atoms with Gasteiger partial charge in [-0.2, -0.15) is 0 Å². The van der Waals surface area contributed by atoms with Gasteiger partial charge in [0, 0.05) is 11.8 Å². The summed E-state index contributed by atoms with van der Waals surface area (Å²) in [5.41, 5.74) is 6.19. The number of aromatic nitrogens is 1. The Labute approximate surface area is 95.1 Å². The van der Waals surface area contributed by atoms with E-state index in [1.165, 1.54) is 0 Å². The van der Waals surface area contributed by atoms with Gasteiger partial charge in [0.15, 0.2) is 0 Å². The number of hydrogen-bond donors (Lipinski definition) is 3. The SMILES string of the molecule is Cc1cnc(N)c(C(O)C2(O)CCCC2)c1. The molecule has 0 bridgehead atoms. The zero-order valence-corrected chi connectivity index (χ0v) is 9.48. The third-order valence-electron chi connectivity index (χ3n) is 3.36. The van der Waals surface area contributed by atoms with E-state index in [2.05, 4.69) is 4.98 Å².